The van der Waals surface area contributed by atoms with Crippen LogP contribution in [0.3, 0.4) is 0 Å². The molecule has 2 aromatic heterocycles. The highest BCUT2D eigenvalue weighted by molar-refractivity contribution is 5.93. The van der Waals surface area contributed by atoms with Gasteiger partial charge in [-0.3, -0.25) is 9.69 Å². The number of aromatic nitrogens is 4. The summed E-state index contributed by atoms with van der Waals surface area (Å²) in [6, 6.07) is 7.25. The number of rotatable bonds is 6. The van der Waals surface area contributed by atoms with E-state index in [0.717, 1.165) is 61.9 Å². The largest absolute Gasteiger partial charge is 0.366 e. The molecule has 0 atom stereocenters. The number of fused-ring (bicyclic) bond motifs is 1. The average Bonchev–Trinajstić information content (AvgIpc) is 3.27. The third-order valence-electron chi connectivity index (χ3n) is 5.15. The lowest BCUT2D eigenvalue weighted by Gasteiger charge is -2.25. The molecule has 0 aliphatic carbocycles. The van der Waals surface area contributed by atoms with Crippen LogP contribution in [0.25, 0.3) is 11.4 Å². The number of carbonyl (C=O) groups excluding carboxylic acids is 1. The number of imidazole rings is 2. The van der Waals surface area contributed by atoms with Crippen molar-refractivity contribution in [2.45, 2.75) is 32.9 Å². The van der Waals surface area contributed by atoms with Crippen molar-refractivity contribution < 1.29 is 4.79 Å². The molecule has 3 heterocycles. The molecule has 0 saturated carbocycles. The van der Waals surface area contributed by atoms with E-state index in [1.807, 2.05) is 31.5 Å². The summed E-state index contributed by atoms with van der Waals surface area (Å²) in [6.07, 6.45) is 5.94. The van der Waals surface area contributed by atoms with Gasteiger partial charge >= 0.3 is 0 Å². The fraction of sp³-hybridized carbons (Fsp3) is 0.350. The number of hydrogen-bond acceptors (Lipinski definition) is 4. The Kier molecular flexibility index (Phi) is 4.77. The number of H-pyrrole nitrogens is 1. The van der Waals surface area contributed by atoms with Crippen molar-refractivity contribution in [2.24, 2.45) is 5.73 Å². The van der Waals surface area contributed by atoms with E-state index in [4.69, 9.17) is 10.7 Å². The van der Waals surface area contributed by atoms with Gasteiger partial charge in [0.1, 0.15) is 11.6 Å². The minimum atomic E-state index is -0.415. The van der Waals surface area contributed by atoms with Gasteiger partial charge in [-0.05, 0) is 25.5 Å². The molecule has 7 heteroatoms. The molecular formula is C20H24N6O. The van der Waals surface area contributed by atoms with E-state index in [1.165, 1.54) is 5.69 Å². The number of nitrogens with one attached hydrogen (secondary N) is 1. The van der Waals surface area contributed by atoms with Crippen LogP contribution >= 0.6 is 0 Å². The van der Waals surface area contributed by atoms with E-state index in [9.17, 15) is 4.79 Å². The van der Waals surface area contributed by atoms with Crippen molar-refractivity contribution in [1.82, 2.24) is 24.4 Å². The molecule has 0 spiro atoms. The van der Waals surface area contributed by atoms with Gasteiger partial charge in [-0.1, -0.05) is 12.1 Å². The van der Waals surface area contributed by atoms with Gasteiger partial charge in [-0.2, -0.15) is 0 Å². The topological polar surface area (TPSA) is 92.8 Å². The second-order valence-corrected chi connectivity index (χ2v) is 7.00. The van der Waals surface area contributed by atoms with E-state index < -0.39 is 5.91 Å². The number of hydrogen-bond donors (Lipinski definition) is 2. The molecule has 3 aromatic rings. The number of nitrogens with two attached hydrogens (primary N) is 1. The van der Waals surface area contributed by atoms with Crippen molar-refractivity contribution in [2.75, 3.05) is 13.1 Å². The molecule has 3 N–H and O–H groups in total. The van der Waals surface area contributed by atoms with Crippen LogP contribution in [0.1, 0.15) is 34.0 Å². The zero-order valence-corrected chi connectivity index (χ0v) is 15.5. The van der Waals surface area contributed by atoms with Crippen LogP contribution in [0.4, 0.5) is 0 Å². The summed E-state index contributed by atoms with van der Waals surface area (Å²) in [4.78, 5) is 26.2. The minimum Gasteiger partial charge on any atom is -0.366 e. The molecule has 0 fully saturated rings. The summed E-state index contributed by atoms with van der Waals surface area (Å²) in [6.45, 7) is 6.01. The molecule has 7 nitrogen and oxygen atoms in total. The van der Waals surface area contributed by atoms with Crippen molar-refractivity contribution in [3.63, 3.8) is 0 Å². The van der Waals surface area contributed by atoms with Crippen LogP contribution < -0.4 is 5.73 Å². The van der Waals surface area contributed by atoms with Crippen molar-refractivity contribution in [3.8, 4) is 11.4 Å². The Morgan fingerprint density at radius 2 is 2.07 bits per heavy atom. The Labute approximate surface area is 158 Å². The summed E-state index contributed by atoms with van der Waals surface area (Å²) in [5, 5.41) is 0. The first-order valence-electron chi connectivity index (χ1n) is 9.28. The first-order chi connectivity index (χ1) is 13.1. The molecule has 0 radical (unpaired) electrons. The van der Waals surface area contributed by atoms with E-state index >= 15 is 0 Å². The summed E-state index contributed by atoms with van der Waals surface area (Å²) in [5.41, 5.74) is 9.11. The van der Waals surface area contributed by atoms with E-state index in [0.29, 0.717) is 5.56 Å². The Balaban J connectivity index is 1.38. The number of aryl methyl sites for hydroxylation is 2. The number of nitrogens with zero attached hydrogens (tertiary/aromatic N) is 4. The Morgan fingerprint density at radius 1 is 1.26 bits per heavy atom. The van der Waals surface area contributed by atoms with Gasteiger partial charge in [-0.25, -0.2) is 9.97 Å². The maximum atomic E-state index is 11.2. The van der Waals surface area contributed by atoms with E-state index in [2.05, 4.69) is 19.4 Å². The highest BCUT2D eigenvalue weighted by Crippen LogP contribution is 2.23. The van der Waals surface area contributed by atoms with E-state index in [1.54, 1.807) is 12.1 Å². The maximum absolute atomic E-state index is 11.2. The van der Waals surface area contributed by atoms with Crippen molar-refractivity contribution >= 4 is 5.91 Å². The number of primary amides is 1. The quantitative estimate of drug-likeness (QED) is 0.701. The predicted molar refractivity (Wildman–Crippen MR) is 103 cm³/mol. The lowest BCUT2D eigenvalue weighted by Crippen LogP contribution is -2.31. The summed E-state index contributed by atoms with van der Waals surface area (Å²) >= 11 is 0. The molecule has 140 valence electrons. The lowest BCUT2D eigenvalue weighted by molar-refractivity contribution is 0.100. The molecule has 1 aromatic carbocycles. The summed E-state index contributed by atoms with van der Waals surface area (Å²) in [5.74, 6) is 1.50. The lowest BCUT2D eigenvalue weighted by atomic mass is 10.1. The first-order valence-corrected chi connectivity index (χ1v) is 9.28. The Morgan fingerprint density at radius 3 is 2.78 bits per heavy atom. The number of amides is 1. The zero-order chi connectivity index (χ0) is 18.8. The van der Waals surface area contributed by atoms with E-state index in [-0.39, 0.29) is 0 Å². The highest BCUT2D eigenvalue weighted by Gasteiger charge is 2.20. The third-order valence-corrected chi connectivity index (χ3v) is 5.15. The molecule has 0 saturated heterocycles. The Hall–Kier alpha value is -2.93. The minimum absolute atomic E-state index is 0.415. The number of carbonyl (C=O) groups is 1. The van der Waals surface area contributed by atoms with Gasteiger partial charge in [0.25, 0.3) is 0 Å². The predicted octanol–water partition coefficient (Wildman–Crippen LogP) is 2.13. The summed E-state index contributed by atoms with van der Waals surface area (Å²) in [7, 11) is 0. The molecule has 27 heavy (non-hydrogen) atoms. The van der Waals surface area contributed by atoms with Crippen LogP contribution in [-0.2, 0) is 19.5 Å². The highest BCUT2D eigenvalue weighted by atomic mass is 16.1. The molecule has 0 unspecified atom stereocenters. The van der Waals surface area contributed by atoms with Gasteiger partial charge in [0, 0.05) is 56.1 Å². The molecular weight excluding hydrogens is 340 g/mol. The van der Waals surface area contributed by atoms with Gasteiger partial charge in [0.15, 0.2) is 0 Å². The van der Waals surface area contributed by atoms with Gasteiger partial charge in [-0.15, -0.1) is 0 Å². The first kappa shape index (κ1) is 17.5. The Bertz CT molecular complexity index is 940. The molecule has 1 aliphatic heterocycles. The normalized spacial score (nSPS) is 14.3. The maximum Gasteiger partial charge on any atom is 0.248 e. The van der Waals surface area contributed by atoms with Crippen LogP contribution in [0, 0.1) is 6.92 Å². The van der Waals surface area contributed by atoms with Crippen LogP contribution in [-0.4, -0.2) is 43.4 Å². The standard InChI is InChI=1S/C20H24N6O/c1-14-22-8-12-26(14)10-2-9-25-11-7-17-18(13-25)24-20(23-17)16-5-3-15(4-6-16)19(21)27/h3-6,8,12H,2,7,9-11,13H2,1H3,(H2,21,27)(H,23,24). The fourth-order valence-corrected chi connectivity index (χ4v) is 3.57. The summed E-state index contributed by atoms with van der Waals surface area (Å²) < 4.78 is 2.19. The molecule has 4 rings (SSSR count). The SMILES string of the molecule is Cc1nccn1CCCN1CCc2nc(-c3ccc(C(N)=O)cc3)[nH]c2C1. The molecule has 1 aliphatic rings. The van der Waals surface area contributed by atoms with Gasteiger partial charge in [0.2, 0.25) is 5.91 Å². The van der Waals surface area contributed by atoms with Crippen LogP contribution in [0.2, 0.25) is 0 Å². The van der Waals surface area contributed by atoms with Crippen molar-refractivity contribution in [1.29, 1.82) is 0 Å². The number of benzene rings is 1. The second kappa shape index (κ2) is 7.36. The third kappa shape index (κ3) is 3.78. The molecule has 1 amide bonds. The fourth-order valence-electron chi connectivity index (χ4n) is 3.57. The van der Waals surface area contributed by atoms with Crippen molar-refractivity contribution in [3.05, 3.63) is 59.4 Å². The zero-order valence-electron chi connectivity index (χ0n) is 15.5. The smallest absolute Gasteiger partial charge is 0.248 e. The average molecular weight is 364 g/mol. The second-order valence-electron chi connectivity index (χ2n) is 7.00. The van der Waals surface area contributed by atoms with Gasteiger partial charge in [0.05, 0.1) is 11.4 Å². The number of aromatic amines is 1. The van der Waals surface area contributed by atoms with Crippen LogP contribution in [0.5, 0.6) is 0 Å². The molecule has 0 bridgehead atoms. The van der Waals surface area contributed by atoms with Gasteiger partial charge < -0.3 is 15.3 Å². The van der Waals surface area contributed by atoms with Crippen LogP contribution in [0.15, 0.2) is 36.7 Å². The monoisotopic (exact) mass is 364 g/mol.